The number of hydrogen-bond acceptors (Lipinski definition) is 8. The Balaban J connectivity index is 1.89. The van der Waals surface area contributed by atoms with Crippen molar-refractivity contribution in [2.24, 2.45) is 0 Å². The fraction of sp³-hybridized carbons (Fsp3) is 0.100. The summed E-state index contributed by atoms with van der Waals surface area (Å²) in [5.41, 5.74) is 1.37. The lowest BCUT2D eigenvalue weighted by Gasteiger charge is -2.04. The molecule has 2 aliphatic heterocycles. The van der Waals surface area contributed by atoms with Crippen LogP contribution in [0.25, 0.3) is 22.3 Å². The topological polar surface area (TPSA) is 105 Å². The summed E-state index contributed by atoms with van der Waals surface area (Å²) in [4.78, 5) is 47.3. The van der Waals surface area contributed by atoms with Gasteiger partial charge >= 0.3 is 23.9 Å². The molecule has 4 rings (SSSR count). The predicted octanol–water partition coefficient (Wildman–Crippen LogP) is 2.21. The van der Waals surface area contributed by atoms with Crippen LogP contribution in [-0.2, 0) is 28.5 Å². The summed E-state index contributed by atoms with van der Waals surface area (Å²) in [6.45, 7) is 0. The minimum Gasteiger partial charge on any atom is -0.466 e. The average Bonchev–Trinajstić information content (AvgIpc) is 3.14. The predicted molar refractivity (Wildman–Crippen MR) is 94.8 cm³/mol. The zero-order chi connectivity index (χ0) is 20.0. The molecule has 0 N–H and O–H groups in total. The van der Waals surface area contributed by atoms with Gasteiger partial charge in [-0.25, -0.2) is 19.2 Å². The SMILES string of the molecule is COC(=O)/C=C1\OC(=O)c2cc3cc4c(cc3cc21)C(=O)O/C4=C\C(=O)OC. The third kappa shape index (κ3) is 2.71. The van der Waals surface area contributed by atoms with Gasteiger partial charge in [0.05, 0.1) is 37.5 Å². The van der Waals surface area contributed by atoms with Crippen molar-refractivity contribution in [1.82, 2.24) is 0 Å². The minimum absolute atomic E-state index is 0.0723. The van der Waals surface area contributed by atoms with E-state index in [1.54, 1.807) is 24.3 Å². The molecule has 140 valence electrons. The number of carbonyl (C=O) groups excluding carboxylic acids is 4. The number of fused-ring (bicyclic) bond motifs is 3. The number of benzene rings is 2. The summed E-state index contributed by atoms with van der Waals surface area (Å²) >= 11 is 0. The number of hydrogen-bond donors (Lipinski definition) is 0. The molecule has 28 heavy (non-hydrogen) atoms. The second kappa shape index (κ2) is 6.34. The van der Waals surface area contributed by atoms with Gasteiger partial charge < -0.3 is 18.9 Å². The van der Waals surface area contributed by atoms with Crippen molar-refractivity contribution in [2.75, 3.05) is 14.2 Å². The molecule has 0 aliphatic carbocycles. The van der Waals surface area contributed by atoms with Crippen molar-refractivity contribution in [3.63, 3.8) is 0 Å². The highest BCUT2D eigenvalue weighted by molar-refractivity contribution is 6.12. The molecule has 0 atom stereocenters. The van der Waals surface area contributed by atoms with Gasteiger partial charge in [0.15, 0.2) is 0 Å². The molecule has 0 bridgehead atoms. The van der Waals surface area contributed by atoms with E-state index in [1.165, 1.54) is 14.2 Å². The van der Waals surface area contributed by atoms with Crippen molar-refractivity contribution in [3.05, 3.63) is 58.7 Å². The largest absolute Gasteiger partial charge is 0.466 e. The Bertz CT molecular complexity index is 1060. The van der Waals surface area contributed by atoms with E-state index in [9.17, 15) is 19.2 Å². The van der Waals surface area contributed by atoms with Crippen LogP contribution in [0.4, 0.5) is 0 Å². The zero-order valence-electron chi connectivity index (χ0n) is 14.7. The van der Waals surface area contributed by atoms with Crippen LogP contribution in [0.5, 0.6) is 0 Å². The van der Waals surface area contributed by atoms with Gasteiger partial charge in [-0.2, -0.15) is 0 Å². The molecule has 2 aromatic rings. The molecule has 0 saturated carbocycles. The van der Waals surface area contributed by atoms with Crippen molar-refractivity contribution in [1.29, 1.82) is 0 Å². The highest BCUT2D eigenvalue weighted by Crippen LogP contribution is 2.37. The second-order valence-corrected chi connectivity index (χ2v) is 5.99. The van der Waals surface area contributed by atoms with Gasteiger partial charge in [0.2, 0.25) is 0 Å². The van der Waals surface area contributed by atoms with Crippen LogP contribution >= 0.6 is 0 Å². The minimum atomic E-state index is -0.661. The van der Waals surface area contributed by atoms with E-state index in [0.717, 1.165) is 12.2 Å². The molecular weight excluding hydrogens is 368 g/mol. The number of rotatable bonds is 2. The van der Waals surface area contributed by atoms with E-state index < -0.39 is 23.9 Å². The molecule has 8 nitrogen and oxygen atoms in total. The van der Waals surface area contributed by atoms with Crippen LogP contribution in [0.15, 0.2) is 36.4 Å². The molecule has 0 unspecified atom stereocenters. The number of carbonyl (C=O) groups is 4. The highest BCUT2D eigenvalue weighted by atomic mass is 16.6. The number of methoxy groups -OCH3 is 2. The van der Waals surface area contributed by atoms with E-state index in [4.69, 9.17) is 9.47 Å². The highest BCUT2D eigenvalue weighted by Gasteiger charge is 2.31. The summed E-state index contributed by atoms with van der Waals surface area (Å²) in [5, 5.41) is 1.26. The van der Waals surface area contributed by atoms with E-state index in [1.807, 2.05) is 0 Å². The van der Waals surface area contributed by atoms with E-state index >= 15 is 0 Å². The number of cyclic esters (lactones) is 2. The monoisotopic (exact) mass is 380 g/mol. The third-order valence-corrected chi connectivity index (χ3v) is 4.39. The van der Waals surface area contributed by atoms with Crippen molar-refractivity contribution >= 4 is 46.2 Å². The molecule has 2 aliphatic rings. The van der Waals surface area contributed by atoms with E-state index in [-0.39, 0.29) is 22.6 Å². The van der Waals surface area contributed by atoms with Crippen LogP contribution in [0.1, 0.15) is 31.8 Å². The van der Waals surface area contributed by atoms with Crippen LogP contribution < -0.4 is 0 Å². The van der Waals surface area contributed by atoms with Gasteiger partial charge in [-0.1, -0.05) is 0 Å². The maximum absolute atomic E-state index is 12.2. The van der Waals surface area contributed by atoms with Crippen LogP contribution in [-0.4, -0.2) is 38.1 Å². The quantitative estimate of drug-likeness (QED) is 0.444. The molecular formula is C20H12O8. The van der Waals surface area contributed by atoms with Crippen molar-refractivity contribution < 1.29 is 38.1 Å². The first-order valence-corrected chi connectivity index (χ1v) is 8.07. The summed E-state index contributed by atoms with van der Waals surface area (Å²) in [5.74, 6) is -2.39. The fourth-order valence-electron chi connectivity index (χ4n) is 3.06. The normalized spacial score (nSPS) is 17.4. The summed E-state index contributed by atoms with van der Waals surface area (Å²) < 4.78 is 19.4. The van der Waals surface area contributed by atoms with Crippen molar-refractivity contribution in [2.45, 2.75) is 0 Å². The van der Waals surface area contributed by atoms with Gasteiger partial charge in [-0.15, -0.1) is 0 Å². The molecule has 0 radical (unpaired) electrons. The lowest BCUT2D eigenvalue weighted by atomic mass is 9.96. The van der Waals surface area contributed by atoms with Gasteiger partial charge in [0, 0.05) is 11.1 Å². The third-order valence-electron chi connectivity index (χ3n) is 4.39. The van der Waals surface area contributed by atoms with E-state index in [2.05, 4.69) is 9.47 Å². The van der Waals surface area contributed by atoms with Gasteiger partial charge in [0.1, 0.15) is 11.5 Å². The molecule has 0 amide bonds. The first-order chi connectivity index (χ1) is 13.4. The molecule has 2 aromatic carbocycles. The summed E-state index contributed by atoms with van der Waals surface area (Å²) in [7, 11) is 2.43. The zero-order valence-corrected chi connectivity index (χ0v) is 14.7. The van der Waals surface area contributed by atoms with Crippen LogP contribution in [0.2, 0.25) is 0 Å². The molecule has 0 spiro atoms. The maximum Gasteiger partial charge on any atom is 0.344 e. The lowest BCUT2D eigenvalue weighted by molar-refractivity contribution is -0.135. The van der Waals surface area contributed by atoms with Crippen molar-refractivity contribution in [3.8, 4) is 0 Å². The Labute approximate surface area is 157 Å². The second-order valence-electron chi connectivity index (χ2n) is 5.99. The Hall–Kier alpha value is -3.94. The number of esters is 4. The first-order valence-electron chi connectivity index (χ1n) is 8.07. The first kappa shape index (κ1) is 17.5. The average molecular weight is 380 g/mol. The lowest BCUT2D eigenvalue weighted by Crippen LogP contribution is -1.97. The summed E-state index contributed by atoms with van der Waals surface area (Å²) in [6.07, 6.45) is 2.16. The fourth-order valence-corrected chi connectivity index (χ4v) is 3.06. The van der Waals surface area contributed by atoms with Crippen LogP contribution in [0.3, 0.4) is 0 Å². The van der Waals surface area contributed by atoms with Gasteiger partial charge in [0.25, 0.3) is 0 Å². The maximum atomic E-state index is 12.2. The molecule has 0 aromatic heterocycles. The number of ether oxygens (including phenoxy) is 4. The van der Waals surface area contributed by atoms with E-state index in [0.29, 0.717) is 21.9 Å². The Morgan fingerprint density at radius 1 is 0.714 bits per heavy atom. The van der Waals surface area contributed by atoms with Gasteiger partial charge in [-0.05, 0) is 35.0 Å². The standard InChI is InChI=1S/C20H12O8/c1-25-17(21)7-15-11-3-9-6-14-12(4-10(9)5-13(11)19(23)27-15)16(28-20(14)24)8-18(22)26-2/h3-8H,1-2H3/b15-7-,16-8-. The Morgan fingerprint density at radius 2 is 1.07 bits per heavy atom. The molecule has 2 heterocycles. The molecule has 0 fully saturated rings. The Kier molecular flexibility index (Phi) is 3.96. The van der Waals surface area contributed by atoms with Gasteiger partial charge in [-0.3, -0.25) is 0 Å². The summed E-state index contributed by atoms with van der Waals surface area (Å²) in [6, 6.07) is 6.45. The van der Waals surface area contributed by atoms with Crippen LogP contribution in [0, 0.1) is 0 Å². The smallest absolute Gasteiger partial charge is 0.344 e. The Morgan fingerprint density at radius 3 is 1.43 bits per heavy atom. The molecule has 8 heteroatoms. The molecule has 0 saturated heterocycles.